The van der Waals surface area contributed by atoms with E-state index in [4.69, 9.17) is 9.47 Å². The molecule has 0 spiro atoms. The smallest absolute Gasteiger partial charge is 0.356 e. The van der Waals surface area contributed by atoms with Gasteiger partial charge in [-0.2, -0.15) is 9.40 Å². The van der Waals surface area contributed by atoms with Gasteiger partial charge in [-0.1, -0.05) is 13.8 Å². The van der Waals surface area contributed by atoms with E-state index in [0.717, 1.165) is 0 Å². The molecule has 1 saturated heterocycles. The average Bonchev–Trinajstić information content (AvgIpc) is 3.16. The van der Waals surface area contributed by atoms with Crippen LogP contribution in [0.4, 0.5) is 5.69 Å². The molecule has 2 aromatic rings. The Hall–Kier alpha value is -2.96. The van der Waals surface area contributed by atoms with Gasteiger partial charge in [-0.25, -0.2) is 17.9 Å². The molecular formula is C24H34N4O7S. The molecule has 12 heteroatoms. The highest BCUT2D eigenvalue weighted by Crippen LogP contribution is 2.37. The van der Waals surface area contributed by atoms with Crippen LogP contribution in [0.3, 0.4) is 0 Å². The van der Waals surface area contributed by atoms with E-state index in [9.17, 15) is 23.1 Å². The number of amides is 1. The van der Waals surface area contributed by atoms with E-state index in [2.05, 4.69) is 10.4 Å². The Bertz CT molecular complexity index is 1240. The van der Waals surface area contributed by atoms with Crippen molar-refractivity contribution < 1.29 is 32.6 Å². The van der Waals surface area contributed by atoms with Crippen molar-refractivity contribution >= 4 is 27.6 Å². The maximum absolute atomic E-state index is 13.7. The van der Waals surface area contributed by atoms with Gasteiger partial charge in [0.15, 0.2) is 5.69 Å². The van der Waals surface area contributed by atoms with Crippen LogP contribution < -0.4 is 10.1 Å². The maximum atomic E-state index is 13.7. The van der Waals surface area contributed by atoms with Gasteiger partial charge in [0.2, 0.25) is 21.8 Å². The lowest BCUT2D eigenvalue weighted by molar-refractivity contribution is -0.119. The summed E-state index contributed by atoms with van der Waals surface area (Å²) in [5.74, 6) is -1.58. The van der Waals surface area contributed by atoms with Gasteiger partial charge >= 0.3 is 5.97 Å². The SMILES string of the molecule is CC[C@H](C)C(=O)Nc1ccc(Oc2c(C)c(C(=O)O)nn2C(C)(C)C)c(S(=O)(=O)N2CCOCC2)c1. The molecule has 0 radical (unpaired) electrons. The average molecular weight is 523 g/mol. The first-order valence-electron chi connectivity index (χ1n) is 11.8. The van der Waals surface area contributed by atoms with E-state index in [1.807, 2.05) is 27.7 Å². The number of aromatic nitrogens is 2. The highest BCUT2D eigenvalue weighted by atomic mass is 32.2. The first-order chi connectivity index (χ1) is 16.8. The number of sulfonamides is 1. The van der Waals surface area contributed by atoms with Gasteiger partial charge in [0.1, 0.15) is 10.6 Å². The Balaban J connectivity index is 2.14. The molecule has 1 fully saturated rings. The van der Waals surface area contributed by atoms with E-state index in [-0.39, 0.29) is 65.9 Å². The molecule has 0 bridgehead atoms. The minimum atomic E-state index is -4.04. The number of carbonyl (C=O) groups is 2. The molecule has 2 heterocycles. The molecule has 3 rings (SSSR count). The monoisotopic (exact) mass is 522 g/mol. The molecule has 1 aliphatic heterocycles. The quantitative estimate of drug-likeness (QED) is 0.537. The molecule has 1 atom stereocenters. The minimum Gasteiger partial charge on any atom is -0.476 e. The zero-order valence-corrected chi connectivity index (χ0v) is 22.3. The largest absolute Gasteiger partial charge is 0.476 e. The molecule has 1 aromatic carbocycles. The third-order valence-electron chi connectivity index (χ3n) is 5.97. The Morgan fingerprint density at radius 2 is 1.89 bits per heavy atom. The maximum Gasteiger partial charge on any atom is 0.356 e. The molecule has 36 heavy (non-hydrogen) atoms. The Morgan fingerprint density at radius 3 is 2.44 bits per heavy atom. The number of hydrogen-bond acceptors (Lipinski definition) is 7. The molecule has 1 aliphatic rings. The molecule has 2 N–H and O–H groups in total. The van der Waals surface area contributed by atoms with Crippen LogP contribution in [0.5, 0.6) is 11.6 Å². The first kappa shape index (κ1) is 27.6. The highest BCUT2D eigenvalue weighted by molar-refractivity contribution is 7.89. The summed E-state index contributed by atoms with van der Waals surface area (Å²) in [7, 11) is -4.04. The molecule has 1 aromatic heterocycles. The van der Waals surface area contributed by atoms with Gasteiger partial charge in [-0.15, -0.1) is 0 Å². The molecule has 11 nitrogen and oxygen atoms in total. The number of nitrogens with one attached hydrogen (secondary N) is 1. The summed E-state index contributed by atoms with van der Waals surface area (Å²) >= 11 is 0. The van der Waals surface area contributed by atoms with Gasteiger partial charge in [0, 0.05) is 30.3 Å². The fourth-order valence-corrected chi connectivity index (χ4v) is 5.16. The van der Waals surface area contributed by atoms with E-state index in [0.29, 0.717) is 12.1 Å². The summed E-state index contributed by atoms with van der Waals surface area (Å²) in [5.41, 5.74) is -0.260. The van der Waals surface area contributed by atoms with Crippen LogP contribution in [0.25, 0.3) is 0 Å². The normalized spacial score (nSPS) is 15.9. The second-order valence-corrected chi connectivity index (χ2v) is 11.7. The van der Waals surface area contributed by atoms with Gasteiger partial charge < -0.3 is 19.9 Å². The summed E-state index contributed by atoms with van der Waals surface area (Å²) in [6, 6.07) is 4.38. The number of nitrogens with zero attached hydrogens (tertiary/aromatic N) is 3. The molecule has 1 amide bonds. The van der Waals surface area contributed by atoms with E-state index in [1.54, 1.807) is 19.9 Å². The van der Waals surface area contributed by atoms with Crippen molar-refractivity contribution in [3.63, 3.8) is 0 Å². The molecule has 0 saturated carbocycles. The lowest BCUT2D eigenvalue weighted by atomic mass is 10.1. The summed E-state index contributed by atoms with van der Waals surface area (Å²) in [4.78, 5) is 24.1. The van der Waals surface area contributed by atoms with Crippen molar-refractivity contribution in [1.29, 1.82) is 0 Å². The number of anilines is 1. The van der Waals surface area contributed by atoms with E-state index in [1.165, 1.54) is 21.1 Å². The second-order valence-electron chi connectivity index (χ2n) is 9.75. The Kier molecular flexibility index (Phi) is 8.11. The van der Waals surface area contributed by atoms with Gasteiger partial charge in [0.25, 0.3) is 0 Å². The summed E-state index contributed by atoms with van der Waals surface area (Å²) in [6.07, 6.45) is 0.633. The number of aromatic carboxylic acids is 1. The van der Waals surface area contributed by atoms with Crippen molar-refractivity contribution in [1.82, 2.24) is 14.1 Å². The van der Waals surface area contributed by atoms with Crippen molar-refractivity contribution in [3.05, 3.63) is 29.5 Å². The molecular weight excluding hydrogens is 488 g/mol. The van der Waals surface area contributed by atoms with Crippen LogP contribution in [0.15, 0.2) is 23.1 Å². The summed E-state index contributed by atoms with van der Waals surface area (Å²) in [5, 5.41) is 16.6. The fraction of sp³-hybridized carbons (Fsp3) is 0.542. The van der Waals surface area contributed by atoms with Crippen LogP contribution in [0.2, 0.25) is 0 Å². The molecule has 0 aliphatic carbocycles. The third-order valence-corrected chi connectivity index (χ3v) is 7.89. The summed E-state index contributed by atoms with van der Waals surface area (Å²) < 4.78 is 41.5. The minimum absolute atomic E-state index is 0.00605. The standard InChI is InChI=1S/C24H34N4O7S/c1-7-15(2)21(29)25-17-8-9-18(19(14-17)36(32,33)27-10-12-34-13-11-27)35-22-16(3)20(23(30)31)26-28(22)24(4,5)6/h8-9,14-15H,7,10-13H2,1-6H3,(H,25,29)(H,30,31)/t15-/m0/s1. The predicted molar refractivity (Wildman–Crippen MR) is 133 cm³/mol. The van der Waals surface area contributed by atoms with Crippen molar-refractivity contribution in [2.75, 3.05) is 31.6 Å². The van der Waals surface area contributed by atoms with E-state index >= 15 is 0 Å². The predicted octanol–water partition coefficient (Wildman–Crippen LogP) is 3.44. The topological polar surface area (TPSA) is 140 Å². The summed E-state index contributed by atoms with van der Waals surface area (Å²) in [6.45, 7) is 11.6. The lowest BCUT2D eigenvalue weighted by Gasteiger charge is -2.27. The lowest BCUT2D eigenvalue weighted by Crippen LogP contribution is -2.40. The number of hydrogen-bond donors (Lipinski definition) is 2. The number of morpholine rings is 1. The zero-order valence-electron chi connectivity index (χ0n) is 21.5. The zero-order chi connectivity index (χ0) is 26.8. The Labute approximate surface area is 211 Å². The number of carboxylic acids is 1. The highest BCUT2D eigenvalue weighted by Gasteiger charge is 2.33. The number of carbonyl (C=O) groups excluding carboxylic acids is 1. The Morgan fingerprint density at radius 1 is 1.25 bits per heavy atom. The van der Waals surface area contributed by atoms with Crippen LogP contribution in [0.1, 0.15) is 57.1 Å². The van der Waals surface area contributed by atoms with Crippen LogP contribution in [-0.2, 0) is 25.1 Å². The molecule has 0 unspecified atom stereocenters. The van der Waals surface area contributed by atoms with Crippen molar-refractivity contribution in [2.45, 2.75) is 58.4 Å². The second kappa shape index (κ2) is 10.6. The first-order valence-corrected chi connectivity index (χ1v) is 13.3. The number of carboxylic acid groups (broad SMARTS) is 1. The van der Waals surface area contributed by atoms with Crippen molar-refractivity contribution in [3.8, 4) is 11.6 Å². The number of benzene rings is 1. The van der Waals surface area contributed by atoms with Crippen molar-refractivity contribution in [2.24, 2.45) is 5.92 Å². The van der Waals surface area contributed by atoms with Crippen LogP contribution in [0, 0.1) is 12.8 Å². The van der Waals surface area contributed by atoms with Crippen LogP contribution >= 0.6 is 0 Å². The molecule has 198 valence electrons. The fourth-order valence-electron chi connectivity index (χ4n) is 3.61. The van der Waals surface area contributed by atoms with Crippen LogP contribution in [-0.4, -0.2) is 65.8 Å². The van der Waals surface area contributed by atoms with Gasteiger partial charge in [-0.3, -0.25) is 4.79 Å². The van der Waals surface area contributed by atoms with Gasteiger partial charge in [-0.05, 0) is 52.3 Å². The third kappa shape index (κ3) is 5.71. The van der Waals surface area contributed by atoms with Gasteiger partial charge in [0.05, 0.1) is 18.8 Å². The number of rotatable bonds is 8. The number of ether oxygens (including phenoxy) is 2. The van der Waals surface area contributed by atoms with E-state index < -0.39 is 21.5 Å².